The second kappa shape index (κ2) is 9.01. The van der Waals surface area contributed by atoms with E-state index in [0.717, 1.165) is 16.9 Å². The van der Waals surface area contributed by atoms with Gasteiger partial charge in [0, 0.05) is 5.56 Å². The van der Waals surface area contributed by atoms with Crippen LogP contribution in [0.3, 0.4) is 0 Å². The molecule has 3 aromatic rings. The molecule has 0 saturated heterocycles. The Kier molecular flexibility index (Phi) is 6.23. The minimum absolute atomic E-state index is 0.171. The summed E-state index contributed by atoms with van der Waals surface area (Å²) in [6, 6.07) is 11.5. The molecule has 0 spiro atoms. The monoisotopic (exact) mass is 381 g/mol. The third-order valence-electron chi connectivity index (χ3n) is 3.58. The minimum Gasteiger partial charge on any atom is -0.490 e. The van der Waals surface area contributed by atoms with Gasteiger partial charge in [0.15, 0.2) is 11.5 Å². The third-order valence-corrected chi connectivity index (χ3v) is 4.44. The molecule has 27 heavy (non-hydrogen) atoms. The summed E-state index contributed by atoms with van der Waals surface area (Å²) < 4.78 is 16.8. The van der Waals surface area contributed by atoms with Gasteiger partial charge in [-0.1, -0.05) is 30.3 Å². The predicted molar refractivity (Wildman–Crippen MR) is 104 cm³/mol. The van der Waals surface area contributed by atoms with Crippen LogP contribution in [0, 0.1) is 11.3 Å². The highest BCUT2D eigenvalue weighted by molar-refractivity contribution is 7.13. The maximum Gasteiger partial charge on any atom is 0.268 e. The number of aromatic nitrogens is 2. The van der Waals surface area contributed by atoms with Gasteiger partial charge in [0.2, 0.25) is 5.82 Å². The van der Waals surface area contributed by atoms with Gasteiger partial charge in [-0.3, -0.25) is 0 Å². The fourth-order valence-corrected chi connectivity index (χ4v) is 3.06. The molecular formula is C20H19N3O3S. The molecule has 0 aliphatic carbocycles. The first kappa shape index (κ1) is 18.7. The Hall–Kier alpha value is -3.11. The van der Waals surface area contributed by atoms with E-state index in [1.54, 1.807) is 6.08 Å². The smallest absolute Gasteiger partial charge is 0.268 e. The fraction of sp³-hybridized carbons (Fsp3) is 0.250. The third kappa shape index (κ3) is 4.36. The second-order valence-corrected chi connectivity index (χ2v) is 6.47. The lowest BCUT2D eigenvalue weighted by Crippen LogP contribution is -2.01. The molecule has 0 saturated carbocycles. The number of benzene rings is 1. The molecule has 0 atom stereocenters. The van der Waals surface area contributed by atoms with Gasteiger partial charge in [-0.05, 0) is 36.9 Å². The Morgan fingerprint density at radius 3 is 2.85 bits per heavy atom. The molecule has 0 fully saturated rings. The summed E-state index contributed by atoms with van der Waals surface area (Å²) in [7, 11) is 0. The predicted octanol–water partition coefficient (Wildman–Crippen LogP) is 5.05. The van der Waals surface area contributed by atoms with Crippen LogP contribution < -0.4 is 9.47 Å². The van der Waals surface area contributed by atoms with E-state index >= 15 is 0 Å². The second-order valence-electron chi connectivity index (χ2n) is 5.53. The number of hydrogen-bond acceptors (Lipinski definition) is 7. The van der Waals surface area contributed by atoms with Crippen molar-refractivity contribution in [2.75, 3.05) is 13.2 Å². The van der Waals surface area contributed by atoms with Crippen LogP contribution in [0.5, 0.6) is 11.5 Å². The molecule has 2 aromatic heterocycles. The van der Waals surface area contributed by atoms with Crippen LogP contribution in [0.1, 0.15) is 31.7 Å². The normalized spacial score (nSPS) is 11.2. The van der Waals surface area contributed by atoms with Crippen LogP contribution in [0.15, 0.2) is 40.2 Å². The summed E-state index contributed by atoms with van der Waals surface area (Å²) in [4.78, 5) is 5.22. The molecular weight excluding hydrogens is 362 g/mol. The van der Waals surface area contributed by atoms with Crippen molar-refractivity contribution in [3.8, 4) is 28.3 Å². The van der Waals surface area contributed by atoms with Gasteiger partial charge in [0.1, 0.15) is 11.6 Å². The van der Waals surface area contributed by atoms with Gasteiger partial charge < -0.3 is 14.0 Å². The SMILES string of the molecule is CCCOc1c(/C=C(\C#N)c2nc(-c3cccs3)no2)cccc1OCC. The van der Waals surface area contributed by atoms with Crippen molar-refractivity contribution in [3.63, 3.8) is 0 Å². The zero-order valence-corrected chi connectivity index (χ0v) is 16.0. The average molecular weight is 381 g/mol. The lowest BCUT2D eigenvalue weighted by molar-refractivity contribution is 0.276. The first-order valence-corrected chi connectivity index (χ1v) is 9.53. The number of para-hydroxylation sites is 1. The van der Waals surface area contributed by atoms with E-state index in [9.17, 15) is 5.26 Å². The van der Waals surface area contributed by atoms with E-state index in [1.807, 2.05) is 49.6 Å². The Morgan fingerprint density at radius 1 is 1.26 bits per heavy atom. The van der Waals surface area contributed by atoms with Crippen molar-refractivity contribution >= 4 is 23.0 Å². The Labute approximate surface area is 161 Å². The van der Waals surface area contributed by atoms with Crippen LogP contribution in [-0.4, -0.2) is 23.4 Å². The fourth-order valence-electron chi connectivity index (χ4n) is 2.41. The van der Waals surface area contributed by atoms with Crippen molar-refractivity contribution in [1.29, 1.82) is 5.26 Å². The maximum absolute atomic E-state index is 9.60. The average Bonchev–Trinajstić information content (AvgIpc) is 3.37. The molecule has 6 nitrogen and oxygen atoms in total. The number of allylic oxidation sites excluding steroid dienone is 1. The van der Waals surface area contributed by atoms with E-state index in [4.69, 9.17) is 14.0 Å². The Balaban J connectivity index is 1.98. The van der Waals surface area contributed by atoms with E-state index in [2.05, 4.69) is 16.2 Å². The van der Waals surface area contributed by atoms with Crippen LogP contribution in [0.4, 0.5) is 0 Å². The lowest BCUT2D eigenvalue weighted by atomic mass is 10.1. The van der Waals surface area contributed by atoms with Crippen LogP contribution in [0.25, 0.3) is 22.4 Å². The van der Waals surface area contributed by atoms with Gasteiger partial charge >= 0.3 is 0 Å². The highest BCUT2D eigenvalue weighted by Gasteiger charge is 2.16. The number of nitriles is 1. The number of nitrogens with zero attached hydrogens (tertiary/aromatic N) is 3. The summed E-state index contributed by atoms with van der Waals surface area (Å²) in [5, 5.41) is 15.5. The molecule has 1 aromatic carbocycles. The van der Waals surface area contributed by atoms with Crippen molar-refractivity contribution in [2.45, 2.75) is 20.3 Å². The standard InChI is InChI=1S/C20H19N3O3S/c1-3-10-25-18-14(7-5-8-16(18)24-4-2)12-15(13-21)20-22-19(23-26-20)17-9-6-11-27-17/h5-9,11-12H,3-4,10H2,1-2H3/b15-12+. The number of hydrogen-bond donors (Lipinski definition) is 0. The molecule has 0 aliphatic rings. The van der Waals surface area contributed by atoms with Crippen molar-refractivity contribution in [2.24, 2.45) is 0 Å². The summed E-state index contributed by atoms with van der Waals surface area (Å²) in [6.07, 6.45) is 2.54. The molecule has 138 valence electrons. The largest absolute Gasteiger partial charge is 0.490 e. The van der Waals surface area contributed by atoms with Gasteiger partial charge in [-0.25, -0.2) is 0 Å². The zero-order chi connectivity index (χ0) is 19.1. The highest BCUT2D eigenvalue weighted by atomic mass is 32.1. The van der Waals surface area contributed by atoms with Crippen LogP contribution >= 0.6 is 11.3 Å². The van der Waals surface area contributed by atoms with Crippen LogP contribution in [-0.2, 0) is 0 Å². The van der Waals surface area contributed by atoms with E-state index in [-0.39, 0.29) is 11.5 Å². The molecule has 0 aliphatic heterocycles. The van der Waals surface area contributed by atoms with Gasteiger partial charge in [-0.2, -0.15) is 10.2 Å². The molecule has 3 rings (SSSR count). The quantitative estimate of drug-likeness (QED) is 0.508. The maximum atomic E-state index is 9.60. The number of rotatable bonds is 8. The molecule has 0 bridgehead atoms. The zero-order valence-electron chi connectivity index (χ0n) is 15.1. The van der Waals surface area contributed by atoms with Crippen molar-refractivity contribution in [1.82, 2.24) is 10.1 Å². The number of ether oxygens (including phenoxy) is 2. The Morgan fingerprint density at radius 2 is 2.15 bits per heavy atom. The van der Waals surface area contributed by atoms with E-state index in [1.165, 1.54) is 11.3 Å². The molecule has 0 N–H and O–H groups in total. The minimum atomic E-state index is 0.171. The van der Waals surface area contributed by atoms with E-state index < -0.39 is 0 Å². The van der Waals surface area contributed by atoms with E-state index in [0.29, 0.717) is 30.5 Å². The lowest BCUT2D eigenvalue weighted by Gasteiger charge is -2.14. The molecule has 7 heteroatoms. The van der Waals surface area contributed by atoms with Gasteiger partial charge in [0.25, 0.3) is 5.89 Å². The molecule has 0 amide bonds. The first-order chi connectivity index (χ1) is 13.3. The first-order valence-electron chi connectivity index (χ1n) is 8.65. The van der Waals surface area contributed by atoms with Crippen molar-refractivity contribution < 1.29 is 14.0 Å². The summed E-state index contributed by atoms with van der Waals surface area (Å²) in [5.74, 6) is 1.88. The van der Waals surface area contributed by atoms with Crippen LogP contribution in [0.2, 0.25) is 0 Å². The molecule has 0 radical (unpaired) electrons. The summed E-state index contributed by atoms with van der Waals surface area (Å²) in [6.45, 7) is 5.02. The topological polar surface area (TPSA) is 81.2 Å². The molecule has 2 heterocycles. The van der Waals surface area contributed by atoms with Gasteiger partial charge in [-0.15, -0.1) is 11.3 Å². The van der Waals surface area contributed by atoms with Crippen molar-refractivity contribution in [3.05, 3.63) is 47.2 Å². The Bertz CT molecular complexity index is 955. The summed E-state index contributed by atoms with van der Waals surface area (Å²) >= 11 is 1.51. The highest BCUT2D eigenvalue weighted by Crippen LogP contribution is 2.34. The van der Waals surface area contributed by atoms with Gasteiger partial charge in [0.05, 0.1) is 18.1 Å². The molecule has 0 unspecified atom stereocenters. The number of thiophene rings is 1. The summed E-state index contributed by atoms with van der Waals surface area (Å²) in [5.41, 5.74) is 0.988.